The van der Waals surface area contributed by atoms with Gasteiger partial charge in [-0.3, -0.25) is 19.3 Å². The standard InChI is InChI=1S/C19H34N4O3/c1-19(2,3)18(26)20-8-6-7-16(24)23-13-11-21(12-14-23)15-17(25)22-9-4-5-10-22/h4-15H2,1-3H3,(H,20,26). The summed E-state index contributed by atoms with van der Waals surface area (Å²) in [6.45, 7) is 11.3. The van der Waals surface area contributed by atoms with Gasteiger partial charge in [0.2, 0.25) is 17.7 Å². The summed E-state index contributed by atoms with van der Waals surface area (Å²) in [5, 5.41) is 2.88. The number of piperazine rings is 1. The maximum absolute atomic E-state index is 12.3. The van der Waals surface area contributed by atoms with E-state index in [1.165, 1.54) is 0 Å². The Labute approximate surface area is 157 Å². The van der Waals surface area contributed by atoms with Gasteiger partial charge in [0, 0.05) is 57.6 Å². The minimum atomic E-state index is -0.396. The largest absolute Gasteiger partial charge is 0.356 e. The first-order chi connectivity index (χ1) is 12.3. The summed E-state index contributed by atoms with van der Waals surface area (Å²) < 4.78 is 0. The van der Waals surface area contributed by atoms with E-state index in [1.807, 2.05) is 30.6 Å². The Morgan fingerprint density at radius 3 is 2.00 bits per heavy atom. The van der Waals surface area contributed by atoms with Crippen LogP contribution < -0.4 is 5.32 Å². The van der Waals surface area contributed by atoms with Crippen LogP contribution in [0.2, 0.25) is 0 Å². The molecule has 0 unspecified atom stereocenters. The molecule has 0 spiro atoms. The van der Waals surface area contributed by atoms with Crippen LogP contribution in [0.1, 0.15) is 46.5 Å². The van der Waals surface area contributed by atoms with Gasteiger partial charge in [-0.05, 0) is 19.3 Å². The highest BCUT2D eigenvalue weighted by molar-refractivity contribution is 5.81. The normalized spacial score (nSPS) is 18.9. The lowest BCUT2D eigenvalue weighted by atomic mass is 9.96. The molecule has 2 aliphatic rings. The number of hydrogen-bond acceptors (Lipinski definition) is 4. The fourth-order valence-electron chi connectivity index (χ4n) is 3.28. The van der Waals surface area contributed by atoms with Crippen molar-refractivity contribution in [3.63, 3.8) is 0 Å². The van der Waals surface area contributed by atoms with E-state index in [4.69, 9.17) is 0 Å². The molecule has 0 aromatic carbocycles. The van der Waals surface area contributed by atoms with E-state index in [0.717, 1.165) is 39.0 Å². The molecule has 0 aromatic heterocycles. The highest BCUT2D eigenvalue weighted by Crippen LogP contribution is 2.13. The molecular formula is C19H34N4O3. The average molecular weight is 367 g/mol. The quantitative estimate of drug-likeness (QED) is 0.702. The zero-order chi connectivity index (χ0) is 19.2. The van der Waals surface area contributed by atoms with Gasteiger partial charge in [0.1, 0.15) is 0 Å². The summed E-state index contributed by atoms with van der Waals surface area (Å²) in [6.07, 6.45) is 3.35. The predicted molar refractivity (Wildman–Crippen MR) is 101 cm³/mol. The molecule has 0 aromatic rings. The van der Waals surface area contributed by atoms with Crippen LogP contribution in [-0.2, 0) is 14.4 Å². The lowest BCUT2D eigenvalue weighted by molar-refractivity contribution is -0.135. The van der Waals surface area contributed by atoms with Crippen LogP contribution in [-0.4, -0.2) is 84.8 Å². The van der Waals surface area contributed by atoms with Crippen molar-refractivity contribution >= 4 is 17.7 Å². The molecule has 2 heterocycles. The highest BCUT2D eigenvalue weighted by atomic mass is 16.2. The van der Waals surface area contributed by atoms with Crippen LogP contribution in [0.15, 0.2) is 0 Å². The van der Waals surface area contributed by atoms with Crippen LogP contribution in [0.25, 0.3) is 0 Å². The fraction of sp³-hybridized carbons (Fsp3) is 0.842. The fourth-order valence-corrected chi connectivity index (χ4v) is 3.28. The van der Waals surface area contributed by atoms with Crippen LogP contribution in [0, 0.1) is 5.41 Å². The molecule has 2 rings (SSSR count). The van der Waals surface area contributed by atoms with Crippen molar-refractivity contribution in [3.05, 3.63) is 0 Å². The van der Waals surface area contributed by atoms with Gasteiger partial charge in [0.15, 0.2) is 0 Å². The molecule has 0 bridgehead atoms. The summed E-state index contributed by atoms with van der Waals surface area (Å²) in [6, 6.07) is 0. The number of amides is 3. The summed E-state index contributed by atoms with van der Waals surface area (Å²) in [5.41, 5.74) is -0.396. The van der Waals surface area contributed by atoms with Crippen molar-refractivity contribution in [1.82, 2.24) is 20.0 Å². The monoisotopic (exact) mass is 366 g/mol. The zero-order valence-electron chi connectivity index (χ0n) is 16.6. The van der Waals surface area contributed by atoms with Crippen LogP contribution in [0.3, 0.4) is 0 Å². The summed E-state index contributed by atoms with van der Waals surface area (Å²) in [7, 11) is 0. The van der Waals surface area contributed by atoms with Crippen LogP contribution >= 0.6 is 0 Å². The molecule has 26 heavy (non-hydrogen) atoms. The second-order valence-electron chi connectivity index (χ2n) is 8.35. The number of nitrogens with one attached hydrogen (secondary N) is 1. The molecule has 0 aliphatic carbocycles. The number of likely N-dealkylation sites (tertiary alicyclic amines) is 1. The molecule has 3 amide bonds. The van der Waals surface area contributed by atoms with Gasteiger partial charge in [0.05, 0.1) is 6.54 Å². The van der Waals surface area contributed by atoms with Crippen LogP contribution in [0.5, 0.6) is 0 Å². The summed E-state index contributed by atoms with van der Waals surface area (Å²) >= 11 is 0. The van der Waals surface area contributed by atoms with Crippen molar-refractivity contribution in [3.8, 4) is 0 Å². The molecule has 148 valence electrons. The van der Waals surface area contributed by atoms with Gasteiger partial charge >= 0.3 is 0 Å². The molecule has 7 nitrogen and oxygen atoms in total. The minimum Gasteiger partial charge on any atom is -0.356 e. The van der Waals surface area contributed by atoms with E-state index in [2.05, 4.69) is 10.2 Å². The number of carbonyl (C=O) groups is 3. The van der Waals surface area contributed by atoms with Crippen molar-refractivity contribution < 1.29 is 14.4 Å². The molecular weight excluding hydrogens is 332 g/mol. The Bertz CT molecular complexity index is 501. The van der Waals surface area contributed by atoms with E-state index in [9.17, 15) is 14.4 Å². The Kier molecular flexibility index (Phi) is 7.43. The van der Waals surface area contributed by atoms with Gasteiger partial charge in [-0.25, -0.2) is 0 Å². The van der Waals surface area contributed by atoms with Gasteiger partial charge in [-0.2, -0.15) is 0 Å². The smallest absolute Gasteiger partial charge is 0.236 e. The van der Waals surface area contributed by atoms with Crippen molar-refractivity contribution in [1.29, 1.82) is 0 Å². The first kappa shape index (κ1) is 20.7. The summed E-state index contributed by atoms with van der Waals surface area (Å²) in [5.74, 6) is 0.374. The SMILES string of the molecule is CC(C)(C)C(=O)NCCCC(=O)N1CCN(CC(=O)N2CCCC2)CC1. The minimum absolute atomic E-state index is 0.0150. The third-order valence-electron chi connectivity index (χ3n) is 5.08. The van der Waals surface area contributed by atoms with Gasteiger partial charge in [-0.15, -0.1) is 0 Å². The third kappa shape index (κ3) is 6.27. The Hall–Kier alpha value is -1.63. The zero-order valence-corrected chi connectivity index (χ0v) is 16.6. The second-order valence-corrected chi connectivity index (χ2v) is 8.35. The van der Waals surface area contributed by atoms with Crippen molar-refractivity contribution in [2.45, 2.75) is 46.5 Å². The Morgan fingerprint density at radius 2 is 1.42 bits per heavy atom. The molecule has 1 N–H and O–H groups in total. The predicted octanol–water partition coefficient (Wildman–Crippen LogP) is 0.696. The molecule has 0 atom stereocenters. The molecule has 2 fully saturated rings. The molecule has 0 saturated carbocycles. The van der Waals surface area contributed by atoms with Crippen molar-refractivity contribution in [2.75, 3.05) is 52.4 Å². The van der Waals surface area contributed by atoms with E-state index in [1.54, 1.807) is 0 Å². The summed E-state index contributed by atoms with van der Waals surface area (Å²) in [4.78, 5) is 42.3. The number of nitrogens with zero attached hydrogens (tertiary/aromatic N) is 3. The molecule has 2 aliphatic heterocycles. The van der Waals surface area contributed by atoms with Gasteiger partial charge in [0.25, 0.3) is 0 Å². The molecule has 7 heteroatoms. The third-order valence-corrected chi connectivity index (χ3v) is 5.08. The van der Waals surface area contributed by atoms with E-state index in [0.29, 0.717) is 39.0 Å². The van der Waals surface area contributed by atoms with E-state index in [-0.39, 0.29) is 17.7 Å². The van der Waals surface area contributed by atoms with E-state index < -0.39 is 5.41 Å². The Balaban J connectivity index is 1.60. The van der Waals surface area contributed by atoms with Crippen molar-refractivity contribution in [2.24, 2.45) is 5.41 Å². The second kappa shape index (κ2) is 9.35. The number of hydrogen-bond donors (Lipinski definition) is 1. The maximum atomic E-state index is 12.3. The number of rotatable bonds is 6. The molecule has 2 saturated heterocycles. The average Bonchev–Trinajstić information content (AvgIpc) is 3.13. The van der Waals surface area contributed by atoms with Crippen LogP contribution in [0.4, 0.5) is 0 Å². The highest BCUT2D eigenvalue weighted by Gasteiger charge is 2.25. The van der Waals surface area contributed by atoms with Gasteiger partial charge in [-0.1, -0.05) is 20.8 Å². The number of carbonyl (C=O) groups excluding carboxylic acids is 3. The topological polar surface area (TPSA) is 73.0 Å². The lowest BCUT2D eigenvalue weighted by Gasteiger charge is -2.35. The molecule has 0 radical (unpaired) electrons. The first-order valence-electron chi connectivity index (χ1n) is 9.83. The first-order valence-corrected chi connectivity index (χ1v) is 9.83. The lowest BCUT2D eigenvalue weighted by Crippen LogP contribution is -2.51. The van der Waals surface area contributed by atoms with E-state index >= 15 is 0 Å². The maximum Gasteiger partial charge on any atom is 0.236 e. The van der Waals surface area contributed by atoms with Gasteiger partial charge < -0.3 is 15.1 Å². The Morgan fingerprint density at radius 1 is 0.846 bits per heavy atom.